The van der Waals surface area contributed by atoms with Crippen LogP contribution in [0.5, 0.6) is 5.75 Å². The minimum atomic E-state index is -0.807. The van der Waals surface area contributed by atoms with Crippen LogP contribution in [0.3, 0.4) is 0 Å². The third kappa shape index (κ3) is 3.47. The maximum atomic E-state index is 10.9. The molecular formula is C15H25NO2. The number of aliphatic hydroxyl groups is 1. The van der Waals surface area contributed by atoms with Gasteiger partial charge in [0, 0.05) is 6.54 Å². The molecule has 3 heteroatoms. The van der Waals surface area contributed by atoms with Gasteiger partial charge in [-0.25, -0.2) is 0 Å². The highest BCUT2D eigenvalue weighted by Crippen LogP contribution is 2.34. The summed E-state index contributed by atoms with van der Waals surface area (Å²) in [6.07, 6.45) is 0.713. The van der Waals surface area contributed by atoms with Gasteiger partial charge in [-0.15, -0.1) is 0 Å². The number of rotatable bonds is 6. The summed E-state index contributed by atoms with van der Waals surface area (Å²) >= 11 is 0. The van der Waals surface area contributed by atoms with Crippen LogP contribution in [0.4, 0.5) is 0 Å². The van der Waals surface area contributed by atoms with Gasteiger partial charge in [0.2, 0.25) is 0 Å². The van der Waals surface area contributed by atoms with Crippen molar-refractivity contribution in [2.75, 3.05) is 27.7 Å². The molecule has 1 rings (SSSR count). The van der Waals surface area contributed by atoms with Crippen LogP contribution >= 0.6 is 0 Å². The molecule has 0 bridgehead atoms. The number of ether oxygens (including phenoxy) is 1. The largest absolute Gasteiger partial charge is 0.497 e. The molecule has 1 aromatic carbocycles. The maximum Gasteiger partial charge on any atom is 0.119 e. The number of nitrogens with zero attached hydrogens (tertiary/aromatic N) is 1. The van der Waals surface area contributed by atoms with E-state index in [1.54, 1.807) is 7.11 Å². The topological polar surface area (TPSA) is 32.7 Å². The highest BCUT2D eigenvalue weighted by molar-refractivity contribution is 5.32. The monoisotopic (exact) mass is 251 g/mol. The van der Waals surface area contributed by atoms with Crippen LogP contribution in [-0.2, 0) is 5.60 Å². The summed E-state index contributed by atoms with van der Waals surface area (Å²) in [5, 5.41) is 10.9. The lowest BCUT2D eigenvalue weighted by atomic mass is 9.80. The highest BCUT2D eigenvalue weighted by atomic mass is 16.5. The molecule has 1 aromatic rings. The minimum Gasteiger partial charge on any atom is -0.497 e. The number of benzene rings is 1. The first-order chi connectivity index (χ1) is 8.40. The Bertz CT molecular complexity index is 377. The van der Waals surface area contributed by atoms with E-state index in [4.69, 9.17) is 4.74 Å². The molecule has 18 heavy (non-hydrogen) atoms. The Labute approximate surface area is 110 Å². The smallest absolute Gasteiger partial charge is 0.119 e. The Kier molecular flexibility index (Phi) is 5.17. The molecule has 0 amide bonds. The van der Waals surface area contributed by atoms with Gasteiger partial charge in [-0.1, -0.05) is 26.0 Å². The van der Waals surface area contributed by atoms with E-state index in [1.807, 2.05) is 38.4 Å². The zero-order valence-electron chi connectivity index (χ0n) is 12.1. The van der Waals surface area contributed by atoms with Gasteiger partial charge in [0.15, 0.2) is 0 Å². The molecule has 0 saturated carbocycles. The van der Waals surface area contributed by atoms with Crippen LogP contribution in [0.15, 0.2) is 24.3 Å². The predicted octanol–water partition coefficient (Wildman–Crippen LogP) is 2.49. The Morgan fingerprint density at radius 3 is 2.50 bits per heavy atom. The first kappa shape index (κ1) is 15.0. The number of hydrogen-bond donors (Lipinski definition) is 1. The second kappa shape index (κ2) is 6.21. The fourth-order valence-electron chi connectivity index (χ4n) is 2.05. The normalized spacial score (nSPS) is 14.9. The lowest BCUT2D eigenvalue weighted by molar-refractivity contribution is -0.0234. The first-order valence-electron chi connectivity index (χ1n) is 6.41. The van der Waals surface area contributed by atoms with Crippen molar-refractivity contribution in [1.82, 2.24) is 4.90 Å². The van der Waals surface area contributed by atoms with Crippen molar-refractivity contribution >= 4 is 0 Å². The summed E-state index contributed by atoms with van der Waals surface area (Å²) in [6.45, 7) is 4.95. The van der Waals surface area contributed by atoms with E-state index >= 15 is 0 Å². The average Bonchev–Trinajstić information content (AvgIpc) is 2.35. The molecule has 0 saturated heterocycles. The van der Waals surface area contributed by atoms with E-state index in [9.17, 15) is 5.11 Å². The van der Waals surface area contributed by atoms with Crippen molar-refractivity contribution in [2.45, 2.75) is 25.9 Å². The summed E-state index contributed by atoms with van der Waals surface area (Å²) in [4.78, 5) is 2.09. The Morgan fingerprint density at radius 1 is 1.33 bits per heavy atom. The van der Waals surface area contributed by atoms with Gasteiger partial charge in [0.05, 0.1) is 12.7 Å². The maximum absolute atomic E-state index is 10.9. The molecule has 0 heterocycles. The van der Waals surface area contributed by atoms with Crippen LogP contribution in [0.25, 0.3) is 0 Å². The van der Waals surface area contributed by atoms with Crippen molar-refractivity contribution < 1.29 is 9.84 Å². The first-order valence-corrected chi connectivity index (χ1v) is 6.41. The second-order valence-corrected chi connectivity index (χ2v) is 5.36. The van der Waals surface area contributed by atoms with E-state index in [0.29, 0.717) is 6.42 Å². The highest BCUT2D eigenvalue weighted by Gasteiger charge is 2.33. The SMILES string of the molecule is COc1cccc([C@@](O)(CCN(C)C)C(C)C)c1. The van der Waals surface area contributed by atoms with Crippen LogP contribution in [0.2, 0.25) is 0 Å². The third-order valence-electron chi connectivity index (χ3n) is 3.46. The van der Waals surface area contributed by atoms with E-state index < -0.39 is 5.60 Å². The van der Waals surface area contributed by atoms with Crippen LogP contribution in [0, 0.1) is 5.92 Å². The molecule has 0 spiro atoms. The third-order valence-corrected chi connectivity index (χ3v) is 3.46. The molecule has 0 aliphatic carbocycles. The van der Waals surface area contributed by atoms with Gasteiger partial charge in [0.1, 0.15) is 5.75 Å². The number of methoxy groups -OCH3 is 1. The van der Waals surface area contributed by atoms with Crippen molar-refractivity contribution in [3.8, 4) is 5.75 Å². The zero-order chi connectivity index (χ0) is 13.8. The second-order valence-electron chi connectivity index (χ2n) is 5.36. The molecule has 1 N–H and O–H groups in total. The summed E-state index contributed by atoms with van der Waals surface area (Å²) in [5.41, 5.74) is 0.123. The fraction of sp³-hybridized carbons (Fsp3) is 0.600. The molecule has 0 aromatic heterocycles. The van der Waals surface area contributed by atoms with Gasteiger partial charge in [0.25, 0.3) is 0 Å². The van der Waals surface area contributed by atoms with Crippen molar-refractivity contribution in [3.63, 3.8) is 0 Å². The molecule has 1 atom stereocenters. The zero-order valence-corrected chi connectivity index (χ0v) is 12.1. The van der Waals surface area contributed by atoms with Gasteiger partial charge >= 0.3 is 0 Å². The van der Waals surface area contributed by atoms with E-state index in [1.165, 1.54) is 0 Å². The van der Waals surface area contributed by atoms with Crippen LogP contribution in [-0.4, -0.2) is 37.8 Å². The van der Waals surface area contributed by atoms with Crippen molar-refractivity contribution in [2.24, 2.45) is 5.92 Å². The van der Waals surface area contributed by atoms with E-state index in [0.717, 1.165) is 17.9 Å². The van der Waals surface area contributed by atoms with Crippen molar-refractivity contribution in [3.05, 3.63) is 29.8 Å². The van der Waals surface area contributed by atoms with Crippen LogP contribution < -0.4 is 4.74 Å². The molecule has 0 unspecified atom stereocenters. The quantitative estimate of drug-likeness (QED) is 0.843. The summed E-state index contributed by atoms with van der Waals surface area (Å²) < 4.78 is 5.23. The van der Waals surface area contributed by atoms with Gasteiger partial charge < -0.3 is 14.7 Å². The Balaban J connectivity index is 3.02. The Hall–Kier alpha value is -1.06. The Morgan fingerprint density at radius 2 is 2.00 bits per heavy atom. The molecule has 102 valence electrons. The standard InChI is InChI=1S/C15H25NO2/c1-12(2)15(17,9-10-16(3)4)13-7-6-8-14(11-13)18-5/h6-8,11-12,17H,9-10H2,1-5H3/t15-/m1/s1. The van der Waals surface area contributed by atoms with Crippen LogP contribution in [0.1, 0.15) is 25.8 Å². The summed E-state index contributed by atoms with van der Waals surface area (Å²) in [7, 11) is 5.69. The van der Waals surface area contributed by atoms with Crippen molar-refractivity contribution in [1.29, 1.82) is 0 Å². The summed E-state index contributed by atoms with van der Waals surface area (Å²) in [6, 6.07) is 7.72. The molecule has 0 fully saturated rings. The fourth-order valence-corrected chi connectivity index (χ4v) is 2.05. The lowest BCUT2D eigenvalue weighted by Crippen LogP contribution is -2.35. The summed E-state index contributed by atoms with van der Waals surface area (Å²) in [5.74, 6) is 0.945. The molecule has 3 nitrogen and oxygen atoms in total. The van der Waals surface area contributed by atoms with Gasteiger partial charge in [-0.3, -0.25) is 0 Å². The minimum absolute atomic E-state index is 0.157. The molecule has 0 aliphatic rings. The van der Waals surface area contributed by atoms with Gasteiger partial charge in [-0.2, -0.15) is 0 Å². The van der Waals surface area contributed by atoms with E-state index in [-0.39, 0.29) is 5.92 Å². The van der Waals surface area contributed by atoms with Gasteiger partial charge in [-0.05, 0) is 44.1 Å². The number of hydrogen-bond acceptors (Lipinski definition) is 3. The predicted molar refractivity (Wildman–Crippen MR) is 74.9 cm³/mol. The molecule has 0 aliphatic heterocycles. The molecular weight excluding hydrogens is 226 g/mol. The average molecular weight is 251 g/mol. The van der Waals surface area contributed by atoms with E-state index in [2.05, 4.69) is 18.7 Å². The molecule has 0 radical (unpaired) electrons. The lowest BCUT2D eigenvalue weighted by Gasteiger charge is -2.34.